The Kier molecular flexibility index (Phi) is 6.16. The molecule has 2 aromatic carbocycles. The van der Waals surface area contributed by atoms with Gasteiger partial charge in [-0.15, -0.1) is 0 Å². The Morgan fingerprint density at radius 3 is 2.00 bits per heavy atom. The molecule has 0 aliphatic heterocycles. The predicted octanol–water partition coefficient (Wildman–Crippen LogP) is 4.89. The van der Waals surface area contributed by atoms with Crippen molar-refractivity contribution in [2.24, 2.45) is 0 Å². The maximum Gasteiger partial charge on any atom is 0.330 e. The van der Waals surface area contributed by atoms with Gasteiger partial charge in [-0.05, 0) is 17.5 Å². The highest BCUT2D eigenvalue weighted by Crippen LogP contribution is 2.37. The molecule has 0 aromatic heterocycles. The molecule has 0 radical (unpaired) electrons. The third kappa shape index (κ3) is 4.10. The normalized spacial score (nSPS) is 11.0. The first-order chi connectivity index (χ1) is 11.2. The van der Waals surface area contributed by atoms with Crippen molar-refractivity contribution in [3.63, 3.8) is 0 Å². The summed E-state index contributed by atoms with van der Waals surface area (Å²) in [6, 6.07) is 20.6. The highest BCUT2D eigenvalue weighted by molar-refractivity contribution is 5.81. The molecule has 0 aliphatic rings. The van der Waals surface area contributed by atoms with E-state index in [2.05, 4.69) is 37.8 Å². The quantitative estimate of drug-likeness (QED) is 0.512. The van der Waals surface area contributed by atoms with Crippen molar-refractivity contribution < 1.29 is 9.53 Å². The predicted molar refractivity (Wildman–Crippen MR) is 94.3 cm³/mol. The van der Waals surface area contributed by atoms with Gasteiger partial charge in [0.25, 0.3) is 0 Å². The van der Waals surface area contributed by atoms with Gasteiger partial charge in [-0.1, -0.05) is 87.0 Å². The first kappa shape index (κ1) is 17.0. The van der Waals surface area contributed by atoms with Crippen LogP contribution in [0.5, 0.6) is 0 Å². The summed E-state index contributed by atoms with van der Waals surface area (Å²) < 4.78 is 5.51. The van der Waals surface area contributed by atoms with Crippen molar-refractivity contribution in [1.82, 2.24) is 0 Å². The number of hydrogen-bond donors (Lipinski definition) is 0. The molecular formula is C21H24O2. The molecule has 2 rings (SSSR count). The van der Waals surface area contributed by atoms with Crippen molar-refractivity contribution in [3.05, 3.63) is 84.4 Å². The summed E-state index contributed by atoms with van der Waals surface area (Å²) >= 11 is 0. The molecule has 23 heavy (non-hydrogen) atoms. The topological polar surface area (TPSA) is 26.3 Å². The highest BCUT2D eigenvalue weighted by Gasteiger charge is 2.35. The molecule has 0 heterocycles. The molecule has 0 bridgehead atoms. The molecule has 2 heteroatoms. The Bertz CT molecular complexity index is 577. The number of esters is 1. The van der Waals surface area contributed by atoms with E-state index in [9.17, 15) is 4.79 Å². The van der Waals surface area contributed by atoms with E-state index in [0.29, 0.717) is 6.61 Å². The van der Waals surface area contributed by atoms with Crippen LogP contribution in [0.3, 0.4) is 0 Å². The van der Waals surface area contributed by atoms with Gasteiger partial charge in [-0.2, -0.15) is 0 Å². The van der Waals surface area contributed by atoms with Gasteiger partial charge in [0.05, 0.1) is 5.41 Å². The Labute approximate surface area is 138 Å². The lowest BCUT2D eigenvalue weighted by Gasteiger charge is -2.34. The number of hydrogen-bond acceptors (Lipinski definition) is 2. The molecule has 0 amide bonds. The lowest BCUT2D eigenvalue weighted by molar-refractivity contribution is -0.139. The maximum absolute atomic E-state index is 11.7. The van der Waals surface area contributed by atoms with Gasteiger partial charge in [0.1, 0.15) is 6.61 Å². The maximum atomic E-state index is 11.7. The van der Waals surface area contributed by atoms with Crippen molar-refractivity contribution in [1.29, 1.82) is 0 Å². The molecule has 2 nitrogen and oxygen atoms in total. The summed E-state index contributed by atoms with van der Waals surface area (Å²) in [7, 11) is 0. The second-order valence-electron chi connectivity index (χ2n) is 5.73. The SMILES string of the molecule is C=CC(=O)OCC(CCCC)(c1ccccc1)c1ccccc1. The monoisotopic (exact) mass is 308 g/mol. The average molecular weight is 308 g/mol. The van der Waals surface area contributed by atoms with E-state index in [1.54, 1.807) is 0 Å². The third-order valence-electron chi connectivity index (χ3n) is 4.24. The van der Waals surface area contributed by atoms with E-state index >= 15 is 0 Å². The smallest absolute Gasteiger partial charge is 0.330 e. The highest BCUT2D eigenvalue weighted by atomic mass is 16.5. The van der Waals surface area contributed by atoms with Crippen LogP contribution in [0.2, 0.25) is 0 Å². The molecule has 0 N–H and O–H groups in total. The second-order valence-corrected chi connectivity index (χ2v) is 5.73. The van der Waals surface area contributed by atoms with Gasteiger partial charge in [0.15, 0.2) is 0 Å². The van der Waals surface area contributed by atoms with Gasteiger partial charge in [0.2, 0.25) is 0 Å². The van der Waals surface area contributed by atoms with Crippen LogP contribution in [-0.2, 0) is 14.9 Å². The summed E-state index contributed by atoms with van der Waals surface area (Å²) in [5.74, 6) is -0.377. The fourth-order valence-electron chi connectivity index (χ4n) is 2.94. The van der Waals surface area contributed by atoms with Crippen LogP contribution >= 0.6 is 0 Å². The van der Waals surface area contributed by atoms with Crippen molar-refractivity contribution in [2.45, 2.75) is 31.6 Å². The molecule has 0 saturated carbocycles. The molecule has 0 aliphatic carbocycles. The Morgan fingerprint density at radius 2 is 1.57 bits per heavy atom. The Balaban J connectivity index is 2.48. The van der Waals surface area contributed by atoms with Crippen LogP contribution < -0.4 is 0 Å². The van der Waals surface area contributed by atoms with Crippen LogP contribution in [0, 0.1) is 0 Å². The lowest BCUT2D eigenvalue weighted by Crippen LogP contribution is -2.34. The van der Waals surface area contributed by atoms with E-state index in [1.807, 2.05) is 36.4 Å². The zero-order valence-electron chi connectivity index (χ0n) is 13.7. The summed E-state index contributed by atoms with van der Waals surface area (Å²) in [5.41, 5.74) is 2.03. The number of rotatable bonds is 8. The molecule has 120 valence electrons. The van der Waals surface area contributed by atoms with E-state index in [1.165, 1.54) is 17.2 Å². The van der Waals surface area contributed by atoms with E-state index < -0.39 is 0 Å². The van der Waals surface area contributed by atoms with Gasteiger partial charge < -0.3 is 4.74 Å². The van der Waals surface area contributed by atoms with E-state index in [4.69, 9.17) is 4.74 Å². The Morgan fingerprint density at radius 1 is 1.04 bits per heavy atom. The van der Waals surface area contributed by atoms with Crippen molar-refractivity contribution in [2.75, 3.05) is 6.61 Å². The summed E-state index contributed by atoms with van der Waals surface area (Å²) in [5, 5.41) is 0. The standard InChI is InChI=1S/C21H24O2/c1-3-5-16-21(17-23-20(22)4-2,18-12-8-6-9-13-18)19-14-10-7-11-15-19/h4,6-15H,2-3,5,16-17H2,1H3. The molecule has 0 fully saturated rings. The largest absolute Gasteiger partial charge is 0.461 e. The van der Waals surface area contributed by atoms with E-state index in [0.717, 1.165) is 19.3 Å². The van der Waals surface area contributed by atoms with Gasteiger partial charge >= 0.3 is 5.97 Å². The first-order valence-corrected chi connectivity index (χ1v) is 8.13. The zero-order valence-corrected chi connectivity index (χ0v) is 13.7. The molecule has 0 atom stereocenters. The molecular weight excluding hydrogens is 284 g/mol. The second kappa shape index (κ2) is 8.33. The van der Waals surface area contributed by atoms with Crippen LogP contribution in [0.25, 0.3) is 0 Å². The average Bonchev–Trinajstić information content (AvgIpc) is 2.63. The molecule has 0 spiro atoms. The van der Waals surface area contributed by atoms with Crippen LogP contribution in [0.15, 0.2) is 73.3 Å². The zero-order chi connectivity index (χ0) is 16.5. The number of carbonyl (C=O) groups is 1. The van der Waals surface area contributed by atoms with Crippen LogP contribution in [0.1, 0.15) is 37.3 Å². The fraction of sp³-hybridized carbons (Fsp3) is 0.286. The van der Waals surface area contributed by atoms with Crippen molar-refractivity contribution in [3.8, 4) is 0 Å². The Hall–Kier alpha value is -2.35. The lowest BCUT2D eigenvalue weighted by atomic mass is 9.71. The molecule has 0 unspecified atom stereocenters. The third-order valence-corrected chi connectivity index (χ3v) is 4.24. The summed E-state index contributed by atoms with van der Waals surface area (Å²) in [6.45, 7) is 6.00. The van der Waals surface area contributed by atoms with Crippen LogP contribution in [0.4, 0.5) is 0 Å². The number of carbonyl (C=O) groups excluding carboxylic acids is 1. The summed E-state index contributed by atoms with van der Waals surface area (Å²) in [4.78, 5) is 11.7. The summed E-state index contributed by atoms with van der Waals surface area (Å²) in [6.07, 6.45) is 4.31. The number of unbranched alkanes of at least 4 members (excludes halogenated alkanes) is 1. The van der Waals surface area contributed by atoms with Crippen molar-refractivity contribution >= 4 is 5.97 Å². The minimum Gasteiger partial charge on any atom is -0.461 e. The number of ether oxygens (including phenoxy) is 1. The minimum absolute atomic E-state index is 0.322. The van der Waals surface area contributed by atoms with Gasteiger partial charge in [-0.25, -0.2) is 4.79 Å². The van der Waals surface area contributed by atoms with Crippen LogP contribution in [-0.4, -0.2) is 12.6 Å². The number of benzene rings is 2. The fourth-order valence-corrected chi connectivity index (χ4v) is 2.94. The van der Waals surface area contributed by atoms with Gasteiger partial charge in [-0.3, -0.25) is 0 Å². The minimum atomic E-state index is -0.377. The van der Waals surface area contributed by atoms with E-state index in [-0.39, 0.29) is 11.4 Å². The molecule has 2 aromatic rings. The van der Waals surface area contributed by atoms with Gasteiger partial charge in [0, 0.05) is 6.08 Å². The molecule has 0 saturated heterocycles. The first-order valence-electron chi connectivity index (χ1n) is 8.13.